The van der Waals surface area contributed by atoms with E-state index in [-0.39, 0.29) is 5.75 Å². The lowest BCUT2D eigenvalue weighted by atomic mass is 9.78. The lowest BCUT2D eigenvalue weighted by molar-refractivity contribution is -0.152. The van der Waals surface area contributed by atoms with E-state index in [1.54, 1.807) is 32.0 Å². The third-order valence-corrected chi connectivity index (χ3v) is 2.71. The zero-order chi connectivity index (χ0) is 12.3. The van der Waals surface area contributed by atoms with Gasteiger partial charge < -0.3 is 14.9 Å². The second kappa shape index (κ2) is 4.53. The summed E-state index contributed by atoms with van der Waals surface area (Å²) in [5.74, 6) is -0.966. The van der Waals surface area contributed by atoms with Crippen LogP contribution >= 0.6 is 0 Å². The summed E-state index contributed by atoms with van der Waals surface area (Å²) < 4.78 is 4.98. The van der Waals surface area contributed by atoms with Gasteiger partial charge in [0.25, 0.3) is 0 Å². The van der Waals surface area contributed by atoms with Gasteiger partial charge in [-0.15, -0.1) is 0 Å². The Morgan fingerprint density at radius 3 is 2.38 bits per heavy atom. The topological polar surface area (TPSA) is 66.8 Å². The number of benzene rings is 1. The van der Waals surface area contributed by atoms with Gasteiger partial charge in [-0.25, -0.2) is 4.79 Å². The van der Waals surface area contributed by atoms with E-state index in [0.29, 0.717) is 5.56 Å². The van der Waals surface area contributed by atoms with Crippen LogP contribution in [0.2, 0.25) is 0 Å². The third kappa shape index (κ3) is 2.17. The predicted octanol–water partition coefficient (Wildman–Crippen LogP) is 1.77. The minimum atomic E-state index is -1.05. The second-order valence-electron chi connectivity index (χ2n) is 4.19. The summed E-state index contributed by atoms with van der Waals surface area (Å²) in [6.07, 6.45) is -0.999. The maximum atomic E-state index is 11.1. The van der Waals surface area contributed by atoms with Crippen LogP contribution < -0.4 is 0 Å². The molecule has 0 bridgehead atoms. The fourth-order valence-corrected chi connectivity index (χ4v) is 1.86. The van der Waals surface area contributed by atoms with Crippen LogP contribution in [0.25, 0.3) is 0 Å². The van der Waals surface area contributed by atoms with Crippen molar-refractivity contribution >= 4 is 5.97 Å². The molecule has 0 aliphatic heterocycles. The van der Waals surface area contributed by atoms with E-state index in [9.17, 15) is 9.90 Å². The van der Waals surface area contributed by atoms with Crippen molar-refractivity contribution in [1.29, 1.82) is 0 Å². The highest BCUT2D eigenvalue weighted by Gasteiger charge is 2.38. The Labute approximate surface area is 94.5 Å². The average Bonchev–Trinajstić information content (AvgIpc) is 2.17. The number of phenolic OH excluding ortho intramolecular Hbond substituents is 1. The fourth-order valence-electron chi connectivity index (χ4n) is 1.86. The summed E-state index contributed by atoms with van der Waals surface area (Å²) in [6, 6.07) is 6.68. The number of hydrogen-bond acceptors (Lipinski definition) is 3. The second-order valence-corrected chi connectivity index (χ2v) is 4.19. The van der Waals surface area contributed by atoms with Crippen molar-refractivity contribution in [2.45, 2.75) is 25.4 Å². The molecule has 0 aromatic heterocycles. The number of phenols is 1. The SMILES string of the molecule is COC(C(=O)O)C(C)(C)c1ccccc1O. The van der Waals surface area contributed by atoms with E-state index < -0.39 is 17.5 Å². The molecule has 0 saturated heterocycles. The number of carboxylic acid groups (broad SMARTS) is 1. The molecule has 1 atom stereocenters. The standard InChI is InChI=1S/C12H16O4/c1-12(2,10(16-3)11(14)15)8-6-4-5-7-9(8)13/h4-7,10,13H,1-3H3,(H,14,15). The lowest BCUT2D eigenvalue weighted by Gasteiger charge is -2.31. The molecule has 0 aliphatic carbocycles. The monoisotopic (exact) mass is 224 g/mol. The van der Waals surface area contributed by atoms with Crippen LogP contribution in [0.1, 0.15) is 19.4 Å². The summed E-state index contributed by atoms with van der Waals surface area (Å²) >= 11 is 0. The van der Waals surface area contributed by atoms with Gasteiger partial charge in [0.1, 0.15) is 5.75 Å². The first-order valence-electron chi connectivity index (χ1n) is 4.95. The molecule has 4 heteroatoms. The number of aromatic hydroxyl groups is 1. The first-order chi connectivity index (χ1) is 7.41. The lowest BCUT2D eigenvalue weighted by Crippen LogP contribution is -2.41. The Morgan fingerprint density at radius 2 is 1.94 bits per heavy atom. The highest BCUT2D eigenvalue weighted by Crippen LogP contribution is 2.34. The van der Waals surface area contributed by atoms with Crippen LogP contribution in [-0.4, -0.2) is 29.4 Å². The van der Waals surface area contributed by atoms with Gasteiger partial charge in [-0.05, 0) is 6.07 Å². The van der Waals surface area contributed by atoms with Gasteiger partial charge in [-0.2, -0.15) is 0 Å². The molecule has 0 amide bonds. The summed E-state index contributed by atoms with van der Waals surface area (Å²) in [7, 11) is 1.35. The first-order valence-corrected chi connectivity index (χ1v) is 4.95. The summed E-state index contributed by atoms with van der Waals surface area (Å²) in [4.78, 5) is 11.1. The Balaban J connectivity index is 3.19. The zero-order valence-electron chi connectivity index (χ0n) is 9.60. The Morgan fingerprint density at radius 1 is 1.38 bits per heavy atom. The number of rotatable bonds is 4. The minimum Gasteiger partial charge on any atom is -0.508 e. The Bertz CT molecular complexity index is 384. The molecule has 1 rings (SSSR count). The Kier molecular flexibility index (Phi) is 3.55. The number of hydrogen-bond donors (Lipinski definition) is 2. The number of carbonyl (C=O) groups is 1. The molecule has 1 aromatic rings. The third-order valence-electron chi connectivity index (χ3n) is 2.71. The van der Waals surface area contributed by atoms with Crippen LogP contribution in [0.5, 0.6) is 5.75 Å². The van der Waals surface area contributed by atoms with Crippen LogP contribution in [0.15, 0.2) is 24.3 Å². The molecule has 1 unspecified atom stereocenters. The molecular weight excluding hydrogens is 208 g/mol. The van der Waals surface area contributed by atoms with Gasteiger partial charge in [0.2, 0.25) is 0 Å². The smallest absolute Gasteiger partial charge is 0.333 e. The van der Waals surface area contributed by atoms with E-state index in [2.05, 4.69) is 0 Å². The molecule has 0 heterocycles. The number of methoxy groups -OCH3 is 1. The van der Waals surface area contributed by atoms with Gasteiger partial charge in [-0.1, -0.05) is 32.0 Å². The predicted molar refractivity (Wildman–Crippen MR) is 59.6 cm³/mol. The van der Waals surface area contributed by atoms with Crippen molar-refractivity contribution in [3.63, 3.8) is 0 Å². The quantitative estimate of drug-likeness (QED) is 0.818. The maximum absolute atomic E-state index is 11.1. The number of para-hydroxylation sites is 1. The Hall–Kier alpha value is -1.55. The normalized spacial score (nSPS) is 13.4. The minimum absolute atomic E-state index is 0.0794. The molecule has 0 radical (unpaired) electrons. The molecule has 0 fully saturated rings. The summed E-state index contributed by atoms with van der Waals surface area (Å²) in [5, 5.41) is 18.8. The van der Waals surface area contributed by atoms with Crippen molar-refractivity contribution < 1.29 is 19.7 Å². The van der Waals surface area contributed by atoms with Crippen molar-refractivity contribution in [1.82, 2.24) is 0 Å². The van der Waals surface area contributed by atoms with Gasteiger partial charge in [0.15, 0.2) is 6.10 Å². The van der Waals surface area contributed by atoms with Crippen LogP contribution in [0.4, 0.5) is 0 Å². The molecule has 0 aliphatic rings. The van der Waals surface area contributed by atoms with Crippen molar-refractivity contribution in [3.05, 3.63) is 29.8 Å². The number of carboxylic acids is 1. The average molecular weight is 224 g/mol. The number of aliphatic carboxylic acids is 1. The van der Waals surface area contributed by atoms with Crippen molar-refractivity contribution in [2.75, 3.05) is 7.11 Å². The van der Waals surface area contributed by atoms with Crippen molar-refractivity contribution in [3.8, 4) is 5.75 Å². The highest BCUT2D eigenvalue weighted by molar-refractivity contribution is 5.75. The van der Waals surface area contributed by atoms with Gasteiger partial charge in [-0.3, -0.25) is 0 Å². The molecule has 4 nitrogen and oxygen atoms in total. The molecular formula is C12H16O4. The molecule has 16 heavy (non-hydrogen) atoms. The first kappa shape index (κ1) is 12.5. The van der Waals surface area contributed by atoms with Gasteiger partial charge in [0.05, 0.1) is 0 Å². The van der Waals surface area contributed by atoms with Gasteiger partial charge in [0, 0.05) is 18.1 Å². The molecule has 88 valence electrons. The molecule has 1 aromatic carbocycles. The largest absolute Gasteiger partial charge is 0.508 e. The van der Waals surface area contributed by atoms with E-state index in [1.165, 1.54) is 13.2 Å². The van der Waals surface area contributed by atoms with Crippen LogP contribution in [0, 0.1) is 0 Å². The van der Waals surface area contributed by atoms with Crippen molar-refractivity contribution in [2.24, 2.45) is 0 Å². The summed E-state index contributed by atoms with van der Waals surface area (Å²) in [6.45, 7) is 3.45. The fraction of sp³-hybridized carbons (Fsp3) is 0.417. The van der Waals surface area contributed by atoms with E-state index in [0.717, 1.165) is 0 Å². The van der Waals surface area contributed by atoms with Crippen LogP contribution in [-0.2, 0) is 14.9 Å². The molecule has 2 N–H and O–H groups in total. The maximum Gasteiger partial charge on any atom is 0.333 e. The summed E-state index contributed by atoms with van der Waals surface area (Å²) in [5.41, 5.74) is -0.240. The van der Waals surface area contributed by atoms with Crippen LogP contribution in [0.3, 0.4) is 0 Å². The number of ether oxygens (including phenoxy) is 1. The highest BCUT2D eigenvalue weighted by atomic mass is 16.5. The van der Waals surface area contributed by atoms with Gasteiger partial charge >= 0.3 is 5.97 Å². The van der Waals surface area contributed by atoms with E-state index in [4.69, 9.17) is 9.84 Å². The molecule has 0 saturated carbocycles. The van der Waals surface area contributed by atoms with E-state index in [1.807, 2.05) is 0 Å². The zero-order valence-corrected chi connectivity index (χ0v) is 9.60. The molecule has 0 spiro atoms. The van der Waals surface area contributed by atoms with E-state index >= 15 is 0 Å².